The molecule has 2 atom stereocenters. The summed E-state index contributed by atoms with van der Waals surface area (Å²) in [6.45, 7) is 3.07. The number of ether oxygens (including phenoxy) is 1. The Labute approximate surface area is 180 Å². The maximum absolute atomic E-state index is 14.3. The molecule has 1 saturated heterocycles. The molecule has 0 aliphatic carbocycles. The molecule has 1 aliphatic rings. The number of nitrogens with one attached hydrogen (secondary N) is 1. The van der Waals surface area contributed by atoms with Gasteiger partial charge in [-0.15, -0.1) is 0 Å². The zero-order valence-electron chi connectivity index (χ0n) is 16.7. The van der Waals surface area contributed by atoms with Gasteiger partial charge in [-0.1, -0.05) is 41.9 Å². The van der Waals surface area contributed by atoms with E-state index >= 15 is 0 Å². The Balaban J connectivity index is 1.92. The second-order valence-electron chi connectivity index (χ2n) is 7.66. The fourth-order valence-electron chi connectivity index (χ4n) is 3.46. The van der Waals surface area contributed by atoms with Gasteiger partial charge in [0.25, 0.3) is 6.02 Å². The molecule has 2 N–H and O–H groups in total. The molecule has 0 spiro atoms. The highest BCUT2D eigenvalue weighted by molar-refractivity contribution is 7.90. The maximum atomic E-state index is 14.3. The van der Waals surface area contributed by atoms with Crippen LogP contribution in [-0.2, 0) is 21.2 Å². The summed E-state index contributed by atoms with van der Waals surface area (Å²) in [6, 6.07) is 12.2. The van der Waals surface area contributed by atoms with E-state index in [-0.39, 0.29) is 31.0 Å². The first-order valence-corrected chi connectivity index (χ1v) is 11.4. The van der Waals surface area contributed by atoms with Crippen molar-refractivity contribution in [3.63, 3.8) is 0 Å². The lowest BCUT2D eigenvalue weighted by Crippen LogP contribution is -2.59. The van der Waals surface area contributed by atoms with Crippen molar-refractivity contribution in [1.82, 2.24) is 4.72 Å². The molecule has 0 aromatic heterocycles. The van der Waals surface area contributed by atoms with E-state index in [1.54, 1.807) is 13.8 Å². The minimum Gasteiger partial charge on any atom is -0.457 e. The van der Waals surface area contributed by atoms with Crippen LogP contribution >= 0.6 is 11.6 Å². The summed E-state index contributed by atoms with van der Waals surface area (Å²) in [5, 5.41) is 8.85. The average molecular weight is 455 g/mol. The van der Waals surface area contributed by atoms with Crippen molar-refractivity contribution in [3.8, 4) is 0 Å². The summed E-state index contributed by atoms with van der Waals surface area (Å²) in [7, 11) is -3.83. The summed E-state index contributed by atoms with van der Waals surface area (Å²) in [5.41, 5.74) is -0.0739. The van der Waals surface area contributed by atoms with Crippen molar-refractivity contribution in [2.24, 2.45) is 4.99 Å². The fourth-order valence-corrected chi connectivity index (χ4v) is 5.33. The van der Waals surface area contributed by atoms with Gasteiger partial charge in [0.2, 0.25) is 10.0 Å². The number of aliphatic hydroxyl groups excluding tert-OH is 1. The molecule has 162 valence electrons. The van der Waals surface area contributed by atoms with E-state index < -0.39 is 32.7 Å². The number of benzene rings is 2. The minimum atomic E-state index is -3.83. The quantitative estimate of drug-likeness (QED) is 0.698. The molecule has 30 heavy (non-hydrogen) atoms. The van der Waals surface area contributed by atoms with Gasteiger partial charge in [0.15, 0.2) is 0 Å². The van der Waals surface area contributed by atoms with Gasteiger partial charge in [-0.3, -0.25) is 0 Å². The van der Waals surface area contributed by atoms with Crippen molar-refractivity contribution in [1.29, 1.82) is 0 Å². The van der Waals surface area contributed by atoms with Crippen LogP contribution in [0.3, 0.4) is 0 Å². The van der Waals surface area contributed by atoms with Crippen molar-refractivity contribution in [2.75, 3.05) is 6.61 Å². The molecular weight excluding hydrogens is 431 g/mol. The molecule has 0 bridgehead atoms. The summed E-state index contributed by atoms with van der Waals surface area (Å²) in [6.07, 6.45) is 0.333. The summed E-state index contributed by atoms with van der Waals surface area (Å²) >= 11 is 5.97. The molecule has 0 amide bonds. The number of nitrogens with zero attached hydrogens (tertiary/aromatic N) is 1. The molecule has 0 radical (unpaired) electrons. The second kappa shape index (κ2) is 8.91. The third-order valence-electron chi connectivity index (χ3n) is 5.00. The predicted molar refractivity (Wildman–Crippen MR) is 114 cm³/mol. The van der Waals surface area contributed by atoms with Crippen molar-refractivity contribution >= 4 is 27.6 Å². The normalized spacial score (nSPS) is 22.2. The minimum absolute atomic E-state index is 0.0692. The van der Waals surface area contributed by atoms with E-state index in [0.717, 1.165) is 5.56 Å². The monoisotopic (exact) mass is 454 g/mol. The predicted octanol–water partition coefficient (Wildman–Crippen LogP) is 3.60. The van der Waals surface area contributed by atoms with Crippen LogP contribution in [0.15, 0.2) is 53.5 Å². The molecule has 2 aromatic carbocycles. The van der Waals surface area contributed by atoms with E-state index in [9.17, 15) is 17.9 Å². The number of amidine groups is 1. The number of hydrogen-bond donors (Lipinski definition) is 2. The maximum Gasteiger partial charge on any atom is 0.299 e. The molecule has 3 rings (SSSR count). The van der Waals surface area contributed by atoms with Gasteiger partial charge in [-0.05, 0) is 50.5 Å². The molecule has 0 saturated carbocycles. The zero-order chi connectivity index (χ0) is 21.9. The summed E-state index contributed by atoms with van der Waals surface area (Å²) < 4.78 is 48.6. The molecule has 1 heterocycles. The number of aliphatic imine (C=N–C) groups is 1. The number of sulfonamides is 1. The highest BCUT2D eigenvalue weighted by Gasteiger charge is 2.47. The Bertz CT molecular complexity index is 1030. The first-order valence-electron chi connectivity index (χ1n) is 9.50. The van der Waals surface area contributed by atoms with Crippen LogP contribution in [0.5, 0.6) is 0 Å². The number of halogens is 2. The fraction of sp³-hybridized carbons (Fsp3) is 0.381. The Morgan fingerprint density at radius 3 is 2.60 bits per heavy atom. The highest BCUT2D eigenvalue weighted by Crippen LogP contribution is 2.31. The largest absolute Gasteiger partial charge is 0.457 e. The van der Waals surface area contributed by atoms with Crippen molar-refractivity contribution in [3.05, 3.63) is 70.5 Å². The van der Waals surface area contributed by atoms with Gasteiger partial charge in [0, 0.05) is 17.2 Å². The molecule has 2 unspecified atom stereocenters. The van der Waals surface area contributed by atoms with Gasteiger partial charge >= 0.3 is 0 Å². The van der Waals surface area contributed by atoms with Gasteiger partial charge < -0.3 is 9.84 Å². The van der Waals surface area contributed by atoms with Crippen LogP contribution in [0.1, 0.15) is 37.4 Å². The first kappa shape index (κ1) is 22.5. The zero-order valence-corrected chi connectivity index (χ0v) is 18.3. The molecule has 9 heteroatoms. The lowest BCUT2D eigenvalue weighted by Gasteiger charge is -2.39. The van der Waals surface area contributed by atoms with Crippen LogP contribution in [-0.4, -0.2) is 37.0 Å². The average Bonchev–Trinajstić information content (AvgIpc) is 2.66. The van der Waals surface area contributed by atoms with Crippen molar-refractivity contribution < 1.29 is 22.7 Å². The van der Waals surface area contributed by atoms with Crippen molar-refractivity contribution in [2.45, 2.75) is 43.6 Å². The van der Waals surface area contributed by atoms with Crippen LogP contribution in [0.25, 0.3) is 0 Å². The molecular formula is C21H24ClFN2O4S. The number of hydrogen-bond acceptors (Lipinski definition) is 5. The topological polar surface area (TPSA) is 88.0 Å². The Morgan fingerprint density at radius 1 is 1.27 bits per heavy atom. The van der Waals surface area contributed by atoms with Crippen LogP contribution in [0, 0.1) is 5.82 Å². The van der Waals surface area contributed by atoms with E-state index in [1.165, 1.54) is 18.2 Å². The Morgan fingerprint density at radius 2 is 1.97 bits per heavy atom. The standard InChI is InChI=1S/C21H24ClFN2O4S/c1-21(2)19(12-14-6-4-3-5-7-14)30(27,28)25-20(29-21)24-18(10-11-26)16-13-15(22)8-9-17(16)23/h3-9,13,18-19,26H,10-12H2,1-2H3,(H,24,25). The highest BCUT2D eigenvalue weighted by atomic mass is 35.5. The lowest BCUT2D eigenvalue weighted by atomic mass is 9.97. The first-order chi connectivity index (χ1) is 14.1. The van der Waals surface area contributed by atoms with E-state index in [1.807, 2.05) is 30.3 Å². The second-order valence-corrected chi connectivity index (χ2v) is 9.96. The van der Waals surface area contributed by atoms with E-state index in [0.29, 0.717) is 5.02 Å². The Hall–Kier alpha value is -2.16. The van der Waals surface area contributed by atoms with E-state index in [4.69, 9.17) is 16.3 Å². The van der Waals surface area contributed by atoms with Gasteiger partial charge in [0.05, 0.1) is 6.04 Å². The molecule has 1 fully saturated rings. The third kappa shape index (κ3) is 5.11. The van der Waals surface area contributed by atoms with Gasteiger partial charge in [-0.2, -0.15) is 0 Å². The van der Waals surface area contributed by atoms with Crippen LogP contribution < -0.4 is 4.72 Å². The SMILES string of the molecule is CC1(C)OC(=NC(CCO)c2cc(Cl)ccc2F)NS(=O)(=O)C1Cc1ccccc1. The molecule has 6 nitrogen and oxygen atoms in total. The summed E-state index contributed by atoms with van der Waals surface area (Å²) in [4.78, 5) is 4.28. The molecule has 1 aliphatic heterocycles. The number of aliphatic hydroxyl groups is 1. The van der Waals surface area contributed by atoms with Crippen LogP contribution in [0.2, 0.25) is 5.02 Å². The number of rotatable bonds is 6. The lowest BCUT2D eigenvalue weighted by molar-refractivity contribution is 0.0759. The summed E-state index contributed by atoms with van der Waals surface area (Å²) in [5.74, 6) is -0.554. The van der Waals surface area contributed by atoms with Gasteiger partial charge in [-0.25, -0.2) is 22.5 Å². The van der Waals surface area contributed by atoms with Gasteiger partial charge in [0.1, 0.15) is 16.7 Å². The Kier molecular flexibility index (Phi) is 6.69. The van der Waals surface area contributed by atoms with E-state index in [2.05, 4.69) is 9.71 Å². The van der Waals surface area contributed by atoms with Crippen LogP contribution in [0.4, 0.5) is 4.39 Å². The smallest absolute Gasteiger partial charge is 0.299 e. The third-order valence-corrected chi connectivity index (χ3v) is 7.17. The molecule has 2 aromatic rings.